The minimum absolute atomic E-state index is 0.143. The smallest absolute Gasteiger partial charge is 0.335 e. The number of fused-ring (bicyclic) bond motifs is 1. The Hall–Kier alpha value is -2.51. The lowest BCUT2D eigenvalue weighted by Gasteiger charge is -2.02. The highest BCUT2D eigenvalue weighted by molar-refractivity contribution is 7.22. The minimum atomic E-state index is -1.04. The van der Waals surface area contributed by atoms with Gasteiger partial charge in [-0.15, -0.1) is 0 Å². The molecule has 0 bridgehead atoms. The summed E-state index contributed by atoms with van der Waals surface area (Å²) >= 11 is 6.79. The van der Waals surface area contributed by atoms with E-state index in [1.807, 2.05) is 0 Å². The van der Waals surface area contributed by atoms with E-state index in [1.165, 1.54) is 24.3 Å². The van der Waals surface area contributed by atoms with Crippen molar-refractivity contribution in [2.45, 2.75) is 0 Å². The zero-order chi connectivity index (χ0) is 16.6. The molecule has 5 nitrogen and oxygen atoms in total. The van der Waals surface area contributed by atoms with Crippen molar-refractivity contribution in [2.24, 2.45) is 0 Å². The van der Waals surface area contributed by atoms with E-state index in [-0.39, 0.29) is 16.1 Å². The number of thiazole rings is 1. The Bertz CT molecular complexity index is 942. The summed E-state index contributed by atoms with van der Waals surface area (Å²) in [5, 5.41) is 11.7. The monoisotopic (exact) mass is 350 g/mol. The lowest BCUT2D eigenvalue weighted by Crippen LogP contribution is -2.11. The maximum absolute atomic E-state index is 13.1. The lowest BCUT2D eigenvalue weighted by molar-refractivity contribution is 0.0697. The summed E-state index contributed by atoms with van der Waals surface area (Å²) in [6, 6.07) is 8.14. The third kappa shape index (κ3) is 3.15. The molecule has 0 spiro atoms. The van der Waals surface area contributed by atoms with Crippen LogP contribution in [0.4, 0.5) is 9.52 Å². The van der Waals surface area contributed by atoms with Crippen LogP contribution < -0.4 is 5.32 Å². The first-order valence-corrected chi connectivity index (χ1v) is 7.54. The third-order valence-electron chi connectivity index (χ3n) is 3.04. The molecule has 116 valence electrons. The molecule has 8 heteroatoms. The Labute approximate surface area is 138 Å². The van der Waals surface area contributed by atoms with Gasteiger partial charge in [-0.05, 0) is 36.4 Å². The van der Waals surface area contributed by atoms with Gasteiger partial charge in [-0.2, -0.15) is 0 Å². The number of carbonyl (C=O) groups is 2. The van der Waals surface area contributed by atoms with Crippen molar-refractivity contribution in [3.63, 3.8) is 0 Å². The van der Waals surface area contributed by atoms with Crippen LogP contribution in [0.5, 0.6) is 0 Å². The molecule has 1 heterocycles. The molecule has 3 aromatic rings. The fraction of sp³-hybridized carbons (Fsp3) is 0. The molecule has 0 saturated carbocycles. The Morgan fingerprint density at radius 3 is 2.61 bits per heavy atom. The minimum Gasteiger partial charge on any atom is -0.478 e. The summed E-state index contributed by atoms with van der Waals surface area (Å²) in [6.07, 6.45) is 0. The van der Waals surface area contributed by atoms with Gasteiger partial charge in [0.2, 0.25) is 0 Å². The standard InChI is InChI=1S/C15H8ClFN2O3S/c16-9-5-7(1-3-10(9)17)13(20)19-15-18-11-4-2-8(14(21)22)6-12(11)23-15/h1-6H,(H,21,22)(H,18,19,20). The van der Waals surface area contributed by atoms with E-state index in [0.717, 1.165) is 17.4 Å². The fourth-order valence-corrected chi connectivity index (χ4v) is 3.00. The van der Waals surface area contributed by atoms with Crippen LogP contribution in [-0.2, 0) is 0 Å². The van der Waals surface area contributed by atoms with E-state index in [9.17, 15) is 14.0 Å². The number of rotatable bonds is 3. The predicted octanol–water partition coefficient (Wildman–Crippen LogP) is 4.04. The number of aromatic nitrogens is 1. The molecule has 3 rings (SSSR count). The van der Waals surface area contributed by atoms with Gasteiger partial charge in [0.25, 0.3) is 5.91 Å². The van der Waals surface area contributed by atoms with Gasteiger partial charge in [0.1, 0.15) is 5.82 Å². The van der Waals surface area contributed by atoms with Gasteiger partial charge in [0, 0.05) is 5.56 Å². The molecule has 0 aliphatic rings. The predicted molar refractivity (Wildman–Crippen MR) is 85.9 cm³/mol. The molecular formula is C15H8ClFN2O3S. The van der Waals surface area contributed by atoms with Crippen LogP contribution in [0.25, 0.3) is 10.2 Å². The summed E-state index contributed by atoms with van der Waals surface area (Å²) < 4.78 is 13.7. The van der Waals surface area contributed by atoms with Crippen molar-refractivity contribution in [1.29, 1.82) is 0 Å². The average Bonchev–Trinajstić information content (AvgIpc) is 2.90. The molecule has 0 saturated heterocycles. The van der Waals surface area contributed by atoms with Crippen molar-refractivity contribution in [3.05, 3.63) is 58.4 Å². The normalized spacial score (nSPS) is 10.7. The van der Waals surface area contributed by atoms with E-state index in [1.54, 1.807) is 6.07 Å². The average molecular weight is 351 g/mol. The van der Waals surface area contributed by atoms with Crippen LogP contribution in [0.1, 0.15) is 20.7 Å². The molecular weight excluding hydrogens is 343 g/mol. The number of carboxylic acids is 1. The van der Waals surface area contributed by atoms with Crippen molar-refractivity contribution < 1.29 is 19.1 Å². The second kappa shape index (κ2) is 5.94. The highest BCUT2D eigenvalue weighted by atomic mass is 35.5. The van der Waals surface area contributed by atoms with Crippen molar-refractivity contribution in [1.82, 2.24) is 4.98 Å². The second-order valence-electron chi connectivity index (χ2n) is 4.59. The quantitative estimate of drug-likeness (QED) is 0.747. The number of halogens is 2. The number of hydrogen-bond donors (Lipinski definition) is 2. The topological polar surface area (TPSA) is 79.3 Å². The fourth-order valence-electron chi connectivity index (χ4n) is 1.92. The molecule has 0 aliphatic carbocycles. The highest BCUT2D eigenvalue weighted by Crippen LogP contribution is 2.27. The van der Waals surface area contributed by atoms with Crippen LogP contribution in [0.2, 0.25) is 5.02 Å². The summed E-state index contributed by atoms with van der Waals surface area (Å²) in [6.45, 7) is 0. The third-order valence-corrected chi connectivity index (χ3v) is 4.26. The first-order chi connectivity index (χ1) is 10.9. The molecule has 0 unspecified atom stereocenters. The van der Waals surface area contributed by atoms with Crippen LogP contribution in [-0.4, -0.2) is 22.0 Å². The van der Waals surface area contributed by atoms with E-state index in [2.05, 4.69) is 10.3 Å². The van der Waals surface area contributed by atoms with Gasteiger partial charge in [-0.1, -0.05) is 22.9 Å². The number of carboxylic acid groups (broad SMARTS) is 1. The van der Waals surface area contributed by atoms with Crippen LogP contribution in [0.3, 0.4) is 0 Å². The number of benzene rings is 2. The summed E-state index contributed by atoms with van der Waals surface area (Å²) in [5.41, 5.74) is 0.915. The summed E-state index contributed by atoms with van der Waals surface area (Å²) in [4.78, 5) is 27.3. The summed E-state index contributed by atoms with van der Waals surface area (Å²) in [5.74, 6) is -2.12. The van der Waals surface area contributed by atoms with Gasteiger partial charge in [0.05, 0.1) is 20.8 Å². The highest BCUT2D eigenvalue weighted by Gasteiger charge is 2.13. The van der Waals surface area contributed by atoms with Gasteiger partial charge in [0.15, 0.2) is 5.13 Å². The largest absolute Gasteiger partial charge is 0.478 e. The van der Waals surface area contributed by atoms with Gasteiger partial charge in [-0.25, -0.2) is 14.2 Å². The van der Waals surface area contributed by atoms with Crippen LogP contribution >= 0.6 is 22.9 Å². The number of amides is 1. The number of hydrogen-bond acceptors (Lipinski definition) is 4. The zero-order valence-electron chi connectivity index (χ0n) is 11.3. The Kier molecular flexibility index (Phi) is 3.97. The molecule has 0 fully saturated rings. The lowest BCUT2D eigenvalue weighted by atomic mass is 10.2. The van der Waals surface area contributed by atoms with Crippen LogP contribution in [0, 0.1) is 5.82 Å². The van der Waals surface area contributed by atoms with Crippen molar-refractivity contribution >= 4 is 50.2 Å². The van der Waals surface area contributed by atoms with Gasteiger partial charge >= 0.3 is 5.97 Å². The van der Waals surface area contributed by atoms with E-state index in [4.69, 9.17) is 16.7 Å². The number of nitrogens with zero attached hydrogens (tertiary/aromatic N) is 1. The second-order valence-corrected chi connectivity index (χ2v) is 6.03. The number of anilines is 1. The SMILES string of the molecule is O=C(O)c1ccc2nc(NC(=O)c3ccc(F)c(Cl)c3)sc2c1. The Balaban J connectivity index is 1.87. The van der Waals surface area contributed by atoms with Crippen LogP contribution in [0.15, 0.2) is 36.4 Å². The number of carbonyl (C=O) groups excluding carboxylic acids is 1. The number of nitrogens with one attached hydrogen (secondary N) is 1. The number of aromatic carboxylic acids is 1. The van der Waals surface area contributed by atoms with E-state index < -0.39 is 17.7 Å². The first-order valence-electron chi connectivity index (χ1n) is 6.34. The van der Waals surface area contributed by atoms with E-state index >= 15 is 0 Å². The molecule has 0 radical (unpaired) electrons. The molecule has 1 amide bonds. The first kappa shape index (κ1) is 15.4. The molecule has 23 heavy (non-hydrogen) atoms. The maximum Gasteiger partial charge on any atom is 0.335 e. The van der Waals surface area contributed by atoms with Crippen molar-refractivity contribution in [2.75, 3.05) is 5.32 Å². The molecule has 1 aromatic heterocycles. The van der Waals surface area contributed by atoms with Gasteiger partial charge < -0.3 is 5.11 Å². The summed E-state index contributed by atoms with van der Waals surface area (Å²) in [7, 11) is 0. The molecule has 2 N–H and O–H groups in total. The Morgan fingerprint density at radius 1 is 1.17 bits per heavy atom. The molecule has 2 aromatic carbocycles. The maximum atomic E-state index is 13.1. The molecule has 0 atom stereocenters. The zero-order valence-corrected chi connectivity index (χ0v) is 12.9. The van der Waals surface area contributed by atoms with E-state index in [0.29, 0.717) is 15.3 Å². The molecule has 0 aliphatic heterocycles. The Morgan fingerprint density at radius 2 is 1.91 bits per heavy atom. The van der Waals surface area contributed by atoms with Gasteiger partial charge in [-0.3, -0.25) is 10.1 Å². The van der Waals surface area contributed by atoms with Crippen molar-refractivity contribution in [3.8, 4) is 0 Å².